The lowest BCUT2D eigenvalue weighted by molar-refractivity contribution is 0.494. The summed E-state index contributed by atoms with van der Waals surface area (Å²) in [6.45, 7) is 4.27. The lowest BCUT2D eigenvalue weighted by atomic mass is 10.1. The summed E-state index contributed by atoms with van der Waals surface area (Å²) >= 11 is 1.40. The van der Waals surface area contributed by atoms with E-state index in [2.05, 4.69) is 27.0 Å². The van der Waals surface area contributed by atoms with Gasteiger partial charge >= 0.3 is 0 Å². The van der Waals surface area contributed by atoms with Crippen LogP contribution in [0.15, 0.2) is 45.0 Å². The molecule has 0 saturated carbocycles. The minimum absolute atomic E-state index is 0.114. The second kappa shape index (κ2) is 7.31. The number of nitrogens with zero attached hydrogens (tertiary/aromatic N) is 5. The summed E-state index contributed by atoms with van der Waals surface area (Å²) in [6, 6.07) is 3.49. The fourth-order valence-electron chi connectivity index (χ4n) is 2.95. The summed E-state index contributed by atoms with van der Waals surface area (Å²) in [5.74, 6) is 2.53. The largest absolute Gasteiger partial charge is 0.459 e. The van der Waals surface area contributed by atoms with Gasteiger partial charge in [0, 0.05) is 12.5 Å². The highest BCUT2D eigenvalue weighted by atomic mass is 32.2. The van der Waals surface area contributed by atoms with Crippen molar-refractivity contribution in [1.29, 1.82) is 0 Å². The maximum absolute atomic E-state index is 11.8. The molecule has 0 radical (unpaired) electrons. The van der Waals surface area contributed by atoms with Gasteiger partial charge in [0.25, 0.3) is 5.89 Å². The van der Waals surface area contributed by atoms with Gasteiger partial charge in [-0.15, -0.1) is 27.0 Å². The molecule has 3 aromatic rings. The van der Waals surface area contributed by atoms with Crippen molar-refractivity contribution >= 4 is 21.6 Å². The van der Waals surface area contributed by atoms with Gasteiger partial charge in [-0.3, -0.25) is 0 Å². The molecule has 1 aliphatic rings. The van der Waals surface area contributed by atoms with Gasteiger partial charge in [-0.25, -0.2) is 8.42 Å². The minimum Gasteiger partial charge on any atom is -0.459 e. The molecule has 1 aliphatic heterocycles. The monoisotopic (exact) mass is 407 g/mol. The number of sulfone groups is 1. The number of aromatic nitrogens is 5. The first-order valence-corrected chi connectivity index (χ1v) is 11.1. The maximum atomic E-state index is 11.8. The van der Waals surface area contributed by atoms with E-state index < -0.39 is 9.84 Å². The van der Waals surface area contributed by atoms with Crippen LogP contribution in [0.2, 0.25) is 0 Å². The van der Waals surface area contributed by atoms with Crippen molar-refractivity contribution in [2.75, 3.05) is 11.5 Å². The van der Waals surface area contributed by atoms with Crippen molar-refractivity contribution in [3.8, 4) is 11.7 Å². The highest BCUT2D eigenvalue weighted by molar-refractivity contribution is 7.98. The van der Waals surface area contributed by atoms with Crippen LogP contribution in [-0.4, -0.2) is 44.9 Å². The molecule has 0 bridgehead atoms. The zero-order chi connectivity index (χ0) is 18.9. The smallest absolute Gasteiger partial charge is 0.283 e. The number of hydrogen-bond acceptors (Lipinski definition) is 9. The van der Waals surface area contributed by atoms with E-state index in [4.69, 9.17) is 8.83 Å². The Bertz CT molecular complexity index is 1040. The molecule has 142 valence electrons. The second-order valence-corrected chi connectivity index (χ2v) is 9.28. The van der Waals surface area contributed by atoms with Crippen molar-refractivity contribution in [3.63, 3.8) is 0 Å². The van der Waals surface area contributed by atoms with Crippen molar-refractivity contribution in [2.24, 2.45) is 0 Å². The molecule has 0 unspecified atom stereocenters. The first-order chi connectivity index (χ1) is 13.1. The molecule has 0 aliphatic carbocycles. The first-order valence-electron chi connectivity index (χ1n) is 8.29. The topological polar surface area (TPSA) is 117 Å². The number of allylic oxidation sites excluding steroid dienone is 1. The predicted molar refractivity (Wildman–Crippen MR) is 97.8 cm³/mol. The van der Waals surface area contributed by atoms with E-state index in [9.17, 15) is 8.42 Å². The Labute approximate surface area is 159 Å². The molecule has 9 nitrogen and oxygen atoms in total. The number of hydrogen-bond donors (Lipinski definition) is 0. The van der Waals surface area contributed by atoms with Crippen LogP contribution in [0.4, 0.5) is 0 Å². The van der Waals surface area contributed by atoms with Gasteiger partial charge in [0.05, 0.1) is 23.5 Å². The van der Waals surface area contributed by atoms with Gasteiger partial charge in [-0.05, 0) is 18.6 Å². The molecular weight excluding hydrogens is 390 g/mol. The molecule has 11 heteroatoms. The summed E-state index contributed by atoms with van der Waals surface area (Å²) in [5.41, 5.74) is 0. The molecule has 0 aromatic carbocycles. The molecule has 4 heterocycles. The van der Waals surface area contributed by atoms with Crippen molar-refractivity contribution < 1.29 is 17.3 Å². The number of furan rings is 1. The van der Waals surface area contributed by atoms with E-state index in [1.54, 1.807) is 18.2 Å². The lowest BCUT2D eigenvalue weighted by Crippen LogP contribution is -2.11. The third-order valence-electron chi connectivity index (χ3n) is 4.18. The Hall–Kier alpha value is -2.40. The van der Waals surface area contributed by atoms with Gasteiger partial charge in [0.2, 0.25) is 5.89 Å². The van der Waals surface area contributed by atoms with Crippen LogP contribution in [0.25, 0.3) is 11.7 Å². The molecule has 1 atom stereocenters. The van der Waals surface area contributed by atoms with E-state index in [0.29, 0.717) is 47.2 Å². The Morgan fingerprint density at radius 3 is 2.93 bits per heavy atom. The standard InChI is InChI=1S/C16H17N5O4S2/c1-2-6-21-14(11-5-8-27(22,23)10-11)18-20-16(21)26-9-13-17-19-15(25-13)12-4-3-7-24-12/h2-4,7,11H,1,5-6,8-10H2/t11-/m0/s1. The van der Waals surface area contributed by atoms with Crippen LogP contribution >= 0.6 is 11.8 Å². The Morgan fingerprint density at radius 1 is 1.33 bits per heavy atom. The molecule has 4 rings (SSSR count). The van der Waals surface area contributed by atoms with Crippen molar-refractivity contribution in [3.05, 3.63) is 42.8 Å². The summed E-state index contributed by atoms with van der Waals surface area (Å²) in [6.07, 6.45) is 3.84. The van der Waals surface area contributed by atoms with Crippen LogP contribution in [0.5, 0.6) is 0 Å². The molecular formula is C16H17N5O4S2. The average molecular weight is 407 g/mol. The summed E-state index contributed by atoms with van der Waals surface area (Å²) in [7, 11) is -3.00. The quantitative estimate of drug-likeness (QED) is 0.429. The van der Waals surface area contributed by atoms with Crippen LogP contribution < -0.4 is 0 Å². The first kappa shape index (κ1) is 18.0. The van der Waals surface area contributed by atoms with E-state index in [1.165, 1.54) is 18.0 Å². The molecule has 1 fully saturated rings. The Kier molecular flexibility index (Phi) is 4.87. The Balaban J connectivity index is 1.50. The predicted octanol–water partition coefficient (Wildman–Crippen LogP) is 2.30. The highest BCUT2D eigenvalue weighted by Gasteiger charge is 2.33. The Morgan fingerprint density at radius 2 is 2.22 bits per heavy atom. The number of thioether (sulfide) groups is 1. The maximum Gasteiger partial charge on any atom is 0.283 e. The molecule has 0 spiro atoms. The second-order valence-electron chi connectivity index (χ2n) is 6.11. The molecule has 1 saturated heterocycles. The van der Waals surface area contributed by atoms with Crippen molar-refractivity contribution in [1.82, 2.24) is 25.0 Å². The zero-order valence-electron chi connectivity index (χ0n) is 14.3. The average Bonchev–Trinajstić information content (AvgIpc) is 3.40. The molecule has 0 N–H and O–H groups in total. The van der Waals surface area contributed by atoms with E-state index in [-0.39, 0.29) is 17.4 Å². The van der Waals surface area contributed by atoms with Crippen LogP contribution in [0.1, 0.15) is 24.1 Å². The fourth-order valence-corrected chi connectivity index (χ4v) is 5.48. The van der Waals surface area contributed by atoms with Crippen LogP contribution in [-0.2, 0) is 22.1 Å². The summed E-state index contributed by atoms with van der Waals surface area (Å²) < 4.78 is 36.3. The molecule has 3 aromatic heterocycles. The fraction of sp³-hybridized carbons (Fsp3) is 0.375. The van der Waals surface area contributed by atoms with E-state index >= 15 is 0 Å². The van der Waals surface area contributed by atoms with Gasteiger partial charge in [0.15, 0.2) is 20.8 Å². The SMILES string of the molecule is C=CCn1c(SCc2nnc(-c3ccco3)o2)nnc1[C@H]1CCS(=O)(=O)C1. The third kappa shape index (κ3) is 3.83. The minimum atomic E-state index is -3.00. The summed E-state index contributed by atoms with van der Waals surface area (Å²) in [5, 5.41) is 17.1. The van der Waals surface area contributed by atoms with Gasteiger partial charge in [-0.1, -0.05) is 17.8 Å². The van der Waals surface area contributed by atoms with E-state index in [0.717, 1.165) is 0 Å². The number of rotatable bonds is 7. The lowest BCUT2D eigenvalue weighted by Gasteiger charge is -2.10. The van der Waals surface area contributed by atoms with Gasteiger partial charge in [-0.2, -0.15) is 0 Å². The third-order valence-corrected chi connectivity index (χ3v) is 6.90. The van der Waals surface area contributed by atoms with Gasteiger partial charge in [0.1, 0.15) is 5.82 Å². The zero-order valence-corrected chi connectivity index (χ0v) is 15.9. The summed E-state index contributed by atoms with van der Waals surface area (Å²) in [4.78, 5) is 0. The van der Waals surface area contributed by atoms with Crippen molar-refractivity contribution in [2.45, 2.75) is 29.8 Å². The normalized spacial score (nSPS) is 18.7. The molecule has 0 amide bonds. The molecule has 27 heavy (non-hydrogen) atoms. The van der Waals surface area contributed by atoms with Crippen LogP contribution in [0, 0.1) is 0 Å². The highest BCUT2D eigenvalue weighted by Crippen LogP contribution is 2.31. The van der Waals surface area contributed by atoms with Gasteiger partial charge < -0.3 is 13.4 Å². The van der Waals surface area contributed by atoms with Crippen LogP contribution in [0.3, 0.4) is 0 Å². The van der Waals surface area contributed by atoms with E-state index in [1.807, 2.05) is 4.57 Å².